The Morgan fingerprint density at radius 1 is 1.30 bits per heavy atom. The smallest absolute Gasteiger partial charge is 0.408 e. The molecule has 130 valence electrons. The molecule has 0 bridgehead atoms. The number of ether oxygens (including phenoxy) is 1. The number of rotatable bonds is 9. The number of Topliss-reactive ketones (excluding diaryl/α,β-unsaturated/α-hetero) is 1. The normalized spacial score (nSPS) is 12.7. The minimum Gasteiger partial charge on any atom is -0.444 e. The highest BCUT2D eigenvalue weighted by Crippen LogP contribution is 2.14. The topological polar surface area (TPSA) is 55.4 Å². The molecule has 0 unspecified atom stereocenters. The number of amides is 1. The van der Waals surface area contributed by atoms with Gasteiger partial charge in [0.25, 0.3) is 0 Å². The van der Waals surface area contributed by atoms with Gasteiger partial charge >= 0.3 is 6.09 Å². The Labute approximate surface area is 143 Å². The minimum atomic E-state index is -0.554. The summed E-state index contributed by atoms with van der Waals surface area (Å²) in [6.07, 6.45) is 4.29. The molecule has 0 aromatic carbocycles. The second kappa shape index (κ2) is 9.71. The largest absolute Gasteiger partial charge is 0.444 e. The molecule has 4 nitrogen and oxygen atoms in total. The lowest BCUT2D eigenvalue weighted by atomic mass is 10.0. The fourth-order valence-electron chi connectivity index (χ4n) is 2.24. The van der Waals surface area contributed by atoms with E-state index in [2.05, 4.69) is 18.3 Å². The van der Waals surface area contributed by atoms with Crippen molar-refractivity contribution in [3.05, 3.63) is 22.4 Å². The summed E-state index contributed by atoms with van der Waals surface area (Å²) >= 11 is 1.71. The van der Waals surface area contributed by atoms with Gasteiger partial charge < -0.3 is 10.1 Å². The summed E-state index contributed by atoms with van der Waals surface area (Å²) in [4.78, 5) is 25.6. The lowest BCUT2D eigenvalue weighted by molar-refractivity contribution is -0.121. The molecule has 1 aromatic heterocycles. The number of ketones is 1. The molecule has 0 aliphatic rings. The third-order valence-electron chi connectivity index (χ3n) is 3.35. The van der Waals surface area contributed by atoms with Crippen molar-refractivity contribution in [2.45, 2.75) is 77.9 Å². The molecule has 0 spiro atoms. The van der Waals surface area contributed by atoms with E-state index in [1.54, 1.807) is 11.3 Å². The van der Waals surface area contributed by atoms with E-state index >= 15 is 0 Å². The fraction of sp³-hybridized carbons (Fsp3) is 0.667. The van der Waals surface area contributed by atoms with Crippen molar-refractivity contribution in [3.63, 3.8) is 0 Å². The quantitative estimate of drug-likeness (QED) is 0.708. The van der Waals surface area contributed by atoms with Crippen LogP contribution >= 0.6 is 11.3 Å². The van der Waals surface area contributed by atoms with Gasteiger partial charge in [0, 0.05) is 11.3 Å². The van der Waals surface area contributed by atoms with E-state index in [1.807, 2.05) is 32.2 Å². The maximum absolute atomic E-state index is 12.4. The van der Waals surface area contributed by atoms with Gasteiger partial charge in [0.2, 0.25) is 0 Å². The highest BCUT2D eigenvalue weighted by Gasteiger charge is 2.23. The van der Waals surface area contributed by atoms with Crippen LogP contribution in [0.2, 0.25) is 0 Å². The molecular formula is C18H29NO3S. The van der Waals surface area contributed by atoms with Crippen LogP contribution < -0.4 is 5.32 Å². The van der Waals surface area contributed by atoms with Gasteiger partial charge in [0.1, 0.15) is 5.60 Å². The number of alkyl carbamates (subject to hydrolysis) is 1. The van der Waals surface area contributed by atoms with Crippen molar-refractivity contribution < 1.29 is 14.3 Å². The number of hydrogen-bond donors (Lipinski definition) is 1. The summed E-state index contributed by atoms with van der Waals surface area (Å²) in [5, 5.41) is 4.79. The predicted molar refractivity (Wildman–Crippen MR) is 94.9 cm³/mol. The monoisotopic (exact) mass is 339 g/mol. The van der Waals surface area contributed by atoms with Crippen LogP contribution in [0.3, 0.4) is 0 Å². The molecule has 5 heteroatoms. The Bertz CT molecular complexity index is 477. The zero-order valence-electron chi connectivity index (χ0n) is 14.7. The van der Waals surface area contributed by atoms with E-state index in [1.165, 1.54) is 4.88 Å². The number of carbonyl (C=O) groups is 2. The Kier molecular flexibility index (Phi) is 8.31. The predicted octanol–water partition coefficient (Wildman–Crippen LogP) is 4.72. The highest BCUT2D eigenvalue weighted by atomic mass is 32.1. The van der Waals surface area contributed by atoms with Crippen LogP contribution in [0, 0.1) is 0 Å². The molecule has 1 amide bonds. The number of carbonyl (C=O) groups excluding carboxylic acids is 2. The summed E-state index contributed by atoms with van der Waals surface area (Å²) in [5.74, 6) is 0.0980. The van der Waals surface area contributed by atoms with Gasteiger partial charge in [-0.05, 0) is 51.5 Å². The minimum absolute atomic E-state index is 0.0980. The number of hydrogen-bond acceptors (Lipinski definition) is 4. The summed E-state index contributed by atoms with van der Waals surface area (Å²) in [6.45, 7) is 7.52. The van der Waals surface area contributed by atoms with Gasteiger partial charge in [-0.2, -0.15) is 0 Å². The molecule has 1 N–H and O–H groups in total. The van der Waals surface area contributed by atoms with Gasteiger partial charge in [-0.3, -0.25) is 4.79 Å². The van der Waals surface area contributed by atoms with E-state index in [9.17, 15) is 9.59 Å². The van der Waals surface area contributed by atoms with Crippen LogP contribution in [0.1, 0.15) is 64.7 Å². The average molecular weight is 340 g/mol. The Hall–Kier alpha value is -1.36. The molecule has 0 fully saturated rings. The van der Waals surface area contributed by atoms with Crippen molar-refractivity contribution in [1.29, 1.82) is 0 Å². The standard InChI is InChI=1S/C18H29NO3S/c1-5-6-11-15(19-17(21)22-18(2,3)4)16(20)12-7-9-14-10-8-13-23-14/h8,10,13,15H,5-7,9,11-12H2,1-4H3,(H,19,21)/t15-/m0/s1. The van der Waals surface area contributed by atoms with E-state index in [0.29, 0.717) is 12.8 Å². The van der Waals surface area contributed by atoms with Crippen LogP contribution in [-0.4, -0.2) is 23.5 Å². The van der Waals surface area contributed by atoms with Crippen LogP contribution in [-0.2, 0) is 16.0 Å². The molecule has 1 rings (SSSR count). The lowest BCUT2D eigenvalue weighted by Gasteiger charge is -2.23. The van der Waals surface area contributed by atoms with Crippen LogP contribution in [0.25, 0.3) is 0 Å². The average Bonchev–Trinajstić information content (AvgIpc) is 2.94. The van der Waals surface area contributed by atoms with Gasteiger partial charge in [-0.1, -0.05) is 25.8 Å². The van der Waals surface area contributed by atoms with Crippen LogP contribution in [0.15, 0.2) is 17.5 Å². The molecular weight excluding hydrogens is 310 g/mol. The zero-order chi connectivity index (χ0) is 17.3. The first kappa shape index (κ1) is 19.7. The Balaban J connectivity index is 2.47. The Morgan fingerprint density at radius 2 is 2.04 bits per heavy atom. The highest BCUT2D eigenvalue weighted by molar-refractivity contribution is 7.09. The van der Waals surface area contributed by atoms with Gasteiger partial charge in [0.05, 0.1) is 6.04 Å². The maximum Gasteiger partial charge on any atom is 0.408 e. The summed E-state index contributed by atoms with van der Waals surface area (Å²) in [5.41, 5.74) is -0.554. The van der Waals surface area contributed by atoms with E-state index in [4.69, 9.17) is 4.74 Å². The van der Waals surface area contributed by atoms with E-state index < -0.39 is 17.7 Å². The Morgan fingerprint density at radius 3 is 2.61 bits per heavy atom. The number of nitrogens with one attached hydrogen (secondary N) is 1. The molecule has 23 heavy (non-hydrogen) atoms. The SMILES string of the molecule is CCCC[C@H](NC(=O)OC(C)(C)C)C(=O)CCCc1cccs1. The molecule has 1 atom stereocenters. The summed E-state index contributed by atoms with van der Waals surface area (Å²) in [6, 6.07) is 3.67. The van der Waals surface area contributed by atoms with Crippen molar-refractivity contribution in [2.75, 3.05) is 0 Å². The maximum atomic E-state index is 12.4. The third-order valence-corrected chi connectivity index (χ3v) is 4.29. The number of thiophene rings is 1. The van der Waals surface area contributed by atoms with Gasteiger partial charge in [0.15, 0.2) is 5.78 Å². The molecule has 1 heterocycles. The van der Waals surface area contributed by atoms with Gasteiger partial charge in [-0.15, -0.1) is 11.3 Å². The summed E-state index contributed by atoms with van der Waals surface area (Å²) in [7, 11) is 0. The van der Waals surface area contributed by atoms with Crippen molar-refractivity contribution in [2.24, 2.45) is 0 Å². The van der Waals surface area contributed by atoms with Gasteiger partial charge in [-0.25, -0.2) is 4.79 Å². The zero-order valence-corrected chi connectivity index (χ0v) is 15.5. The summed E-state index contributed by atoms with van der Waals surface area (Å²) < 4.78 is 5.26. The van der Waals surface area contributed by atoms with Crippen molar-refractivity contribution in [3.8, 4) is 0 Å². The third kappa shape index (κ3) is 8.74. The number of unbranched alkanes of at least 4 members (excludes halogenated alkanes) is 1. The van der Waals surface area contributed by atoms with Crippen molar-refractivity contribution >= 4 is 23.2 Å². The number of aryl methyl sites for hydroxylation is 1. The molecule has 0 radical (unpaired) electrons. The molecule has 0 aliphatic heterocycles. The molecule has 0 saturated heterocycles. The van der Waals surface area contributed by atoms with Crippen molar-refractivity contribution in [1.82, 2.24) is 5.32 Å². The second-order valence-electron chi connectivity index (χ2n) is 6.74. The molecule has 0 saturated carbocycles. The first-order valence-electron chi connectivity index (χ1n) is 8.36. The van der Waals surface area contributed by atoms with Crippen LogP contribution in [0.4, 0.5) is 4.79 Å². The molecule has 1 aromatic rings. The second-order valence-corrected chi connectivity index (χ2v) is 7.77. The van der Waals surface area contributed by atoms with Crippen LogP contribution in [0.5, 0.6) is 0 Å². The van der Waals surface area contributed by atoms with E-state index in [0.717, 1.165) is 25.7 Å². The lowest BCUT2D eigenvalue weighted by Crippen LogP contribution is -2.43. The molecule has 0 aliphatic carbocycles. The first-order valence-corrected chi connectivity index (χ1v) is 9.24. The fourth-order valence-corrected chi connectivity index (χ4v) is 2.99. The van der Waals surface area contributed by atoms with E-state index in [-0.39, 0.29) is 5.78 Å². The first-order chi connectivity index (χ1) is 10.8.